The minimum absolute atomic E-state index is 0.142. The van der Waals surface area contributed by atoms with Gasteiger partial charge in [0.05, 0.1) is 0 Å². The van der Waals surface area contributed by atoms with E-state index in [1.165, 1.54) is 0 Å². The van der Waals surface area contributed by atoms with Crippen LogP contribution in [0.4, 0.5) is 5.82 Å². The summed E-state index contributed by atoms with van der Waals surface area (Å²) in [4.78, 5) is 15.2. The number of carbonyl (C=O) groups is 1. The first-order chi connectivity index (χ1) is 8.11. The molecule has 1 aliphatic heterocycles. The number of hydrogen-bond acceptors (Lipinski definition) is 4. The zero-order valence-corrected chi connectivity index (χ0v) is 9.77. The Morgan fingerprint density at radius 2 is 2.24 bits per heavy atom. The van der Waals surface area contributed by atoms with Gasteiger partial charge < -0.3 is 15.2 Å². The van der Waals surface area contributed by atoms with Crippen LogP contribution in [0.2, 0.25) is 0 Å². The Morgan fingerprint density at radius 1 is 1.53 bits per heavy atom. The zero-order chi connectivity index (χ0) is 12.3. The van der Waals surface area contributed by atoms with Gasteiger partial charge in [-0.15, -0.1) is 0 Å². The van der Waals surface area contributed by atoms with Gasteiger partial charge in [0.15, 0.2) is 0 Å². The number of nitrogens with zero attached hydrogens (tertiary/aromatic N) is 1. The van der Waals surface area contributed by atoms with Gasteiger partial charge in [0.1, 0.15) is 11.4 Å². The fourth-order valence-electron chi connectivity index (χ4n) is 1.91. The van der Waals surface area contributed by atoms with Crippen molar-refractivity contribution in [1.29, 1.82) is 0 Å². The predicted octanol–water partition coefficient (Wildman–Crippen LogP) is 1.76. The van der Waals surface area contributed by atoms with Crippen LogP contribution in [0.5, 0.6) is 0 Å². The molecule has 5 heteroatoms. The van der Waals surface area contributed by atoms with Gasteiger partial charge >= 0.3 is 5.97 Å². The molecule has 17 heavy (non-hydrogen) atoms. The number of aromatic nitrogens is 1. The molecule has 0 aromatic carbocycles. The third kappa shape index (κ3) is 2.74. The second kappa shape index (κ2) is 4.71. The molecule has 0 radical (unpaired) electrons. The van der Waals surface area contributed by atoms with Crippen molar-refractivity contribution in [2.75, 3.05) is 18.5 Å². The highest BCUT2D eigenvalue weighted by Gasteiger charge is 2.28. The highest BCUT2D eigenvalue weighted by Crippen LogP contribution is 2.25. The summed E-state index contributed by atoms with van der Waals surface area (Å²) < 4.78 is 5.30. The molecular formula is C12H16N2O3. The van der Waals surface area contributed by atoms with E-state index in [0.717, 1.165) is 12.8 Å². The van der Waals surface area contributed by atoms with Gasteiger partial charge in [-0.1, -0.05) is 0 Å². The molecule has 1 saturated heterocycles. The molecule has 0 amide bonds. The summed E-state index contributed by atoms with van der Waals surface area (Å²) in [6, 6.07) is 3.18. The largest absolute Gasteiger partial charge is 0.478 e. The Balaban J connectivity index is 2.20. The first-order valence-electron chi connectivity index (χ1n) is 5.65. The van der Waals surface area contributed by atoms with Crippen molar-refractivity contribution in [1.82, 2.24) is 4.98 Å². The minimum Gasteiger partial charge on any atom is -0.478 e. The molecule has 1 aromatic rings. The van der Waals surface area contributed by atoms with Crippen molar-refractivity contribution in [2.24, 2.45) is 0 Å². The van der Waals surface area contributed by atoms with Gasteiger partial charge in [0.25, 0.3) is 0 Å². The third-order valence-corrected chi connectivity index (χ3v) is 3.05. The molecule has 0 atom stereocenters. The van der Waals surface area contributed by atoms with Crippen LogP contribution < -0.4 is 5.32 Å². The normalized spacial score (nSPS) is 18.6. The molecule has 0 aliphatic carbocycles. The van der Waals surface area contributed by atoms with Crippen molar-refractivity contribution in [3.8, 4) is 0 Å². The topological polar surface area (TPSA) is 71.5 Å². The van der Waals surface area contributed by atoms with Crippen LogP contribution in [0.25, 0.3) is 0 Å². The van der Waals surface area contributed by atoms with E-state index in [9.17, 15) is 4.79 Å². The van der Waals surface area contributed by atoms with Crippen molar-refractivity contribution in [2.45, 2.75) is 25.3 Å². The van der Waals surface area contributed by atoms with E-state index in [4.69, 9.17) is 9.84 Å². The number of carboxylic acids is 1. The average molecular weight is 236 g/mol. The van der Waals surface area contributed by atoms with Crippen molar-refractivity contribution >= 4 is 11.8 Å². The number of pyridine rings is 1. The van der Waals surface area contributed by atoms with Crippen LogP contribution in [0, 0.1) is 0 Å². The Kier molecular flexibility index (Phi) is 3.28. The van der Waals surface area contributed by atoms with Crippen molar-refractivity contribution < 1.29 is 14.6 Å². The van der Waals surface area contributed by atoms with E-state index in [-0.39, 0.29) is 11.1 Å². The number of aromatic carboxylic acids is 1. The lowest BCUT2D eigenvalue weighted by Gasteiger charge is -2.35. The lowest BCUT2D eigenvalue weighted by molar-refractivity contribution is 0.0654. The van der Waals surface area contributed by atoms with Crippen LogP contribution >= 0.6 is 0 Å². The van der Waals surface area contributed by atoms with Gasteiger partial charge in [-0.3, -0.25) is 0 Å². The highest BCUT2D eigenvalue weighted by atomic mass is 16.5. The molecule has 2 heterocycles. The highest BCUT2D eigenvalue weighted by molar-refractivity contribution is 5.93. The molecule has 0 spiro atoms. The predicted molar refractivity (Wildman–Crippen MR) is 63.3 cm³/mol. The Morgan fingerprint density at radius 3 is 2.88 bits per heavy atom. The molecule has 0 unspecified atom stereocenters. The number of hydrogen-bond donors (Lipinski definition) is 2. The lowest BCUT2D eigenvalue weighted by atomic mass is 9.92. The monoisotopic (exact) mass is 236 g/mol. The Labute approximate surface area is 99.8 Å². The second-order valence-electron chi connectivity index (χ2n) is 4.50. The molecular weight excluding hydrogens is 220 g/mol. The number of anilines is 1. The Hall–Kier alpha value is -1.62. The molecule has 2 rings (SSSR count). The molecule has 1 fully saturated rings. The number of rotatable bonds is 3. The molecule has 1 aliphatic rings. The summed E-state index contributed by atoms with van der Waals surface area (Å²) in [5, 5.41) is 12.3. The molecule has 0 saturated carbocycles. The van der Waals surface area contributed by atoms with E-state index in [1.54, 1.807) is 18.3 Å². The first-order valence-corrected chi connectivity index (χ1v) is 5.65. The second-order valence-corrected chi connectivity index (χ2v) is 4.50. The quantitative estimate of drug-likeness (QED) is 0.836. The van der Waals surface area contributed by atoms with Gasteiger partial charge in [0.2, 0.25) is 0 Å². The fourth-order valence-corrected chi connectivity index (χ4v) is 1.91. The maximum Gasteiger partial charge on any atom is 0.339 e. The van der Waals surface area contributed by atoms with Gasteiger partial charge in [-0.2, -0.15) is 0 Å². The molecule has 0 bridgehead atoms. The summed E-state index contributed by atoms with van der Waals surface area (Å²) in [7, 11) is 0. The molecule has 1 aromatic heterocycles. The van der Waals surface area contributed by atoms with E-state index >= 15 is 0 Å². The minimum atomic E-state index is -0.962. The first kappa shape index (κ1) is 11.9. The summed E-state index contributed by atoms with van der Waals surface area (Å²) in [6.45, 7) is 3.45. The van der Waals surface area contributed by atoms with E-state index in [0.29, 0.717) is 19.0 Å². The average Bonchev–Trinajstić information content (AvgIpc) is 2.29. The van der Waals surface area contributed by atoms with E-state index in [1.807, 2.05) is 0 Å². The summed E-state index contributed by atoms with van der Waals surface area (Å²) in [5.74, 6) is -0.527. The van der Waals surface area contributed by atoms with Gasteiger partial charge in [-0.25, -0.2) is 9.78 Å². The standard InChI is InChI=1S/C12H16N2O3/c1-12(4-7-17-8-5-12)14-10-9(11(15)16)3-2-6-13-10/h2-3,6H,4-5,7-8H2,1H3,(H,13,14)(H,15,16). The van der Waals surface area contributed by atoms with Gasteiger partial charge in [-0.05, 0) is 31.9 Å². The van der Waals surface area contributed by atoms with Crippen LogP contribution in [0.3, 0.4) is 0 Å². The van der Waals surface area contributed by atoms with Crippen molar-refractivity contribution in [3.05, 3.63) is 23.9 Å². The maximum absolute atomic E-state index is 11.1. The fraction of sp³-hybridized carbons (Fsp3) is 0.500. The van der Waals surface area contributed by atoms with Crippen LogP contribution in [0.15, 0.2) is 18.3 Å². The van der Waals surface area contributed by atoms with Crippen LogP contribution in [-0.4, -0.2) is 34.8 Å². The lowest BCUT2D eigenvalue weighted by Crippen LogP contribution is -2.41. The Bertz CT molecular complexity index is 414. The summed E-state index contributed by atoms with van der Waals surface area (Å²) in [6.07, 6.45) is 3.29. The smallest absolute Gasteiger partial charge is 0.339 e. The summed E-state index contributed by atoms with van der Waals surface area (Å²) in [5.41, 5.74) is 0.0665. The molecule has 2 N–H and O–H groups in total. The number of nitrogens with one attached hydrogen (secondary N) is 1. The SMILES string of the molecule is CC1(Nc2ncccc2C(=O)O)CCOCC1. The molecule has 5 nitrogen and oxygen atoms in total. The van der Waals surface area contributed by atoms with Crippen LogP contribution in [-0.2, 0) is 4.74 Å². The van der Waals surface area contributed by atoms with Gasteiger partial charge in [0, 0.05) is 24.9 Å². The molecule has 92 valence electrons. The number of carboxylic acid groups (broad SMARTS) is 1. The van der Waals surface area contributed by atoms with E-state index in [2.05, 4.69) is 17.2 Å². The maximum atomic E-state index is 11.1. The summed E-state index contributed by atoms with van der Waals surface area (Å²) >= 11 is 0. The third-order valence-electron chi connectivity index (χ3n) is 3.05. The number of ether oxygens (including phenoxy) is 1. The van der Waals surface area contributed by atoms with E-state index < -0.39 is 5.97 Å². The van der Waals surface area contributed by atoms with Crippen LogP contribution in [0.1, 0.15) is 30.1 Å². The zero-order valence-electron chi connectivity index (χ0n) is 9.77. The van der Waals surface area contributed by atoms with Crippen molar-refractivity contribution in [3.63, 3.8) is 0 Å².